The molecule has 2 heterocycles. The Kier molecular flexibility index (Phi) is 5.65. The van der Waals surface area contributed by atoms with Gasteiger partial charge in [-0.3, -0.25) is 0 Å². The summed E-state index contributed by atoms with van der Waals surface area (Å²) >= 11 is 0. The van der Waals surface area contributed by atoms with E-state index in [1.807, 2.05) is 11.8 Å². The SMILES string of the molecule is CCN(c1cnnc(NCCc2ccc(F)cc2)n1)C1CCS(=O)(=O)C1. The van der Waals surface area contributed by atoms with Crippen LogP contribution in [0.3, 0.4) is 0 Å². The highest BCUT2D eigenvalue weighted by atomic mass is 32.2. The molecule has 140 valence electrons. The topological polar surface area (TPSA) is 88.1 Å². The molecule has 9 heteroatoms. The van der Waals surface area contributed by atoms with Crippen LogP contribution < -0.4 is 10.2 Å². The van der Waals surface area contributed by atoms with E-state index in [2.05, 4.69) is 20.5 Å². The highest BCUT2D eigenvalue weighted by molar-refractivity contribution is 7.91. The quantitative estimate of drug-likeness (QED) is 0.783. The van der Waals surface area contributed by atoms with Crippen LogP contribution in [0, 0.1) is 5.82 Å². The van der Waals surface area contributed by atoms with E-state index in [4.69, 9.17) is 0 Å². The van der Waals surface area contributed by atoms with Crippen LogP contribution in [0.1, 0.15) is 18.9 Å². The Morgan fingerprint density at radius 3 is 2.73 bits per heavy atom. The first-order valence-electron chi connectivity index (χ1n) is 8.62. The molecule has 26 heavy (non-hydrogen) atoms. The molecule has 1 aliphatic rings. The molecule has 0 saturated carbocycles. The maximum atomic E-state index is 12.9. The van der Waals surface area contributed by atoms with E-state index in [1.165, 1.54) is 12.1 Å². The van der Waals surface area contributed by atoms with Crippen molar-refractivity contribution in [3.05, 3.63) is 41.8 Å². The zero-order valence-electron chi connectivity index (χ0n) is 14.6. The second kappa shape index (κ2) is 7.94. The number of aromatic nitrogens is 3. The molecule has 1 aromatic heterocycles. The Morgan fingerprint density at radius 1 is 1.31 bits per heavy atom. The molecule has 1 saturated heterocycles. The minimum atomic E-state index is -2.96. The summed E-state index contributed by atoms with van der Waals surface area (Å²) in [5.41, 5.74) is 1.01. The highest BCUT2D eigenvalue weighted by Crippen LogP contribution is 2.22. The van der Waals surface area contributed by atoms with E-state index < -0.39 is 9.84 Å². The van der Waals surface area contributed by atoms with Crippen LogP contribution in [0.25, 0.3) is 0 Å². The first kappa shape index (κ1) is 18.5. The number of nitrogens with one attached hydrogen (secondary N) is 1. The van der Waals surface area contributed by atoms with E-state index in [0.29, 0.717) is 37.7 Å². The van der Waals surface area contributed by atoms with Crippen molar-refractivity contribution in [3.63, 3.8) is 0 Å². The average Bonchev–Trinajstić information content (AvgIpc) is 2.97. The minimum absolute atomic E-state index is 0.0752. The van der Waals surface area contributed by atoms with E-state index in [9.17, 15) is 12.8 Å². The van der Waals surface area contributed by atoms with E-state index in [-0.39, 0.29) is 23.4 Å². The number of rotatable bonds is 7. The summed E-state index contributed by atoms with van der Waals surface area (Å²) in [5.74, 6) is 1.13. The maximum Gasteiger partial charge on any atom is 0.244 e. The van der Waals surface area contributed by atoms with Gasteiger partial charge in [0.15, 0.2) is 15.7 Å². The van der Waals surface area contributed by atoms with Crippen LogP contribution in [0.4, 0.5) is 16.2 Å². The van der Waals surface area contributed by atoms with Crippen molar-refractivity contribution in [1.82, 2.24) is 15.2 Å². The second-order valence-electron chi connectivity index (χ2n) is 6.28. The van der Waals surface area contributed by atoms with Crippen molar-refractivity contribution in [3.8, 4) is 0 Å². The van der Waals surface area contributed by atoms with Gasteiger partial charge in [0.2, 0.25) is 5.95 Å². The molecule has 0 spiro atoms. The standard InChI is InChI=1S/C17H22FN5O2S/c1-2-23(15-8-10-26(24,25)12-15)16-11-20-22-17(21-16)19-9-7-13-3-5-14(18)6-4-13/h3-6,11,15H,2,7-10,12H2,1H3,(H,19,21,22). The molecular formula is C17H22FN5O2S. The highest BCUT2D eigenvalue weighted by Gasteiger charge is 2.32. The Morgan fingerprint density at radius 2 is 2.08 bits per heavy atom. The van der Waals surface area contributed by atoms with Crippen LogP contribution in [-0.2, 0) is 16.3 Å². The molecule has 0 radical (unpaired) electrons. The van der Waals surface area contributed by atoms with Gasteiger partial charge in [0, 0.05) is 19.1 Å². The molecule has 1 fully saturated rings. The molecule has 1 aliphatic heterocycles. The first-order valence-corrected chi connectivity index (χ1v) is 10.4. The summed E-state index contributed by atoms with van der Waals surface area (Å²) in [6.07, 6.45) is 2.86. The molecule has 0 aliphatic carbocycles. The monoisotopic (exact) mass is 379 g/mol. The van der Waals surface area contributed by atoms with Crippen molar-refractivity contribution >= 4 is 21.6 Å². The lowest BCUT2D eigenvalue weighted by Gasteiger charge is -2.27. The molecule has 1 unspecified atom stereocenters. The van der Waals surface area contributed by atoms with Crippen LogP contribution in [0.15, 0.2) is 30.5 Å². The molecule has 1 aromatic carbocycles. The normalized spacial score (nSPS) is 18.6. The van der Waals surface area contributed by atoms with E-state index in [1.54, 1.807) is 18.3 Å². The molecule has 1 atom stereocenters. The van der Waals surface area contributed by atoms with Gasteiger partial charge in [-0.25, -0.2) is 12.8 Å². The number of benzene rings is 1. The summed E-state index contributed by atoms with van der Waals surface area (Å²) in [6.45, 7) is 3.20. The summed E-state index contributed by atoms with van der Waals surface area (Å²) in [4.78, 5) is 6.43. The summed E-state index contributed by atoms with van der Waals surface area (Å²) < 4.78 is 36.4. The molecule has 2 aromatic rings. The third-order valence-electron chi connectivity index (χ3n) is 4.44. The summed E-state index contributed by atoms with van der Waals surface area (Å²) in [5, 5.41) is 11.1. The van der Waals surface area contributed by atoms with Gasteiger partial charge in [-0.2, -0.15) is 10.1 Å². The zero-order chi connectivity index (χ0) is 18.6. The molecule has 0 amide bonds. The Labute approximate surface area is 152 Å². The first-order chi connectivity index (χ1) is 12.5. The van der Waals surface area contributed by atoms with Gasteiger partial charge in [0.1, 0.15) is 5.82 Å². The fourth-order valence-corrected chi connectivity index (χ4v) is 4.84. The van der Waals surface area contributed by atoms with Crippen molar-refractivity contribution in [2.45, 2.75) is 25.8 Å². The van der Waals surface area contributed by atoms with E-state index in [0.717, 1.165) is 5.56 Å². The van der Waals surface area contributed by atoms with Gasteiger partial charge in [0.25, 0.3) is 0 Å². The molecule has 0 bridgehead atoms. The van der Waals surface area contributed by atoms with Gasteiger partial charge in [-0.1, -0.05) is 12.1 Å². The smallest absolute Gasteiger partial charge is 0.244 e. The zero-order valence-corrected chi connectivity index (χ0v) is 15.4. The van der Waals surface area contributed by atoms with Gasteiger partial charge in [-0.15, -0.1) is 5.10 Å². The number of hydrogen-bond donors (Lipinski definition) is 1. The van der Waals surface area contributed by atoms with Crippen LogP contribution in [0.2, 0.25) is 0 Å². The van der Waals surface area contributed by atoms with Crippen molar-refractivity contribution < 1.29 is 12.8 Å². The van der Waals surface area contributed by atoms with Crippen molar-refractivity contribution in [2.24, 2.45) is 0 Å². The number of nitrogens with zero attached hydrogens (tertiary/aromatic N) is 4. The third-order valence-corrected chi connectivity index (χ3v) is 6.19. The fourth-order valence-electron chi connectivity index (χ4n) is 3.11. The van der Waals surface area contributed by atoms with Crippen LogP contribution in [-0.4, -0.2) is 54.2 Å². The van der Waals surface area contributed by atoms with Gasteiger partial charge in [-0.05, 0) is 37.5 Å². The summed E-state index contributed by atoms with van der Waals surface area (Å²) in [6, 6.07) is 6.28. The lowest BCUT2D eigenvalue weighted by Crippen LogP contribution is -2.37. The predicted molar refractivity (Wildman–Crippen MR) is 98.5 cm³/mol. The van der Waals surface area contributed by atoms with Gasteiger partial charge >= 0.3 is 0 Å². The predicted octanol–water partition coefficient (Wildman–Crippen LogP) is 1.68. The maximum absolute atomic E-state index is 12.9. The Hall–Kier alpha value is -2.29. The number of anilines is 2. The number of halogens is 1. The summed E-state index contributed by atoms with van der Waals surface area (Å²) in [7, 11) is -2.96. The average molecular weight is 379 g/mol. The fraction of sp³-hybridized carbons (Fsp3) is 0.471. The van der Waals surface area contributed by atoms with E-state index >= 15 is 0 Å². The van der Waals surface area contributed by atoms with Crippen molar-refractivity contribution in [1.29, 1.82) is 0 Å². The molecule has 3 rings (SSSR count). The van der Waals surface area contributed by atoms with Crippen molar-refractivity contribution in [2.75, 3.05) is 34.8 Å². The van der Waals surface area contributed by atoms with Gasteiger partial charge in [0.05, 0.1) is 17.7 Å². The van der Waals surface area contributed by atoms with Crippen LogP contribution >= 0.6 is 0 Å². The Balaban J connectivity index is 1.62. The second-order valence-corrected chi connectivity index (χ2v) is 8.51. The third kappa shape index (κ3) is 4.66. The largest absolute Gasteiger partial charge is 0.353 e. The molecule has 7 nitrogen and oxygen atoms in total. The molecule has 1 N–H and O–H groups in total. The minimum Gasteiger partial charge on any atom is -0.353 e. The lowest BCUT2D eigenvalue weighted by molar-refractivity contribution is 0.599. The number of sulfone groups is 1. The number of hydrogen-bond acceptors (Lipinski definition) is 7. The van der Waals surface area contributed by atoms with Gasteiger partial charge < -0.3 is 10.2 Å². The lowest BCUT2D eigenvalue weighted by atomic mass is 10.1. The Bertz CT molecular complexity index is 844. The molecular weight excluding hydrogens is 357 g/mol. The van der Waals surface area contributed by atoms with Crippen LogP contribution in [0.5, 0.6) is 0 Å².